The minimum absolute atomic E-state index is 0.0243. The molecular formula is C12H13N3O2. The fourth-order valence-corrected chi connectivity index (χ4v) is 2.28. The molecule has 2 heterocycles. The van der Waals surface area contributed by atoms with Crippen LogP contribution in [0.3, 0.4) is 0 Å². The van der Waals surface area contributed by atoms with Crippen molar-refractivity contribution in [3.05, 3.63) is 24.0 Å². The van der Waals surface area contributed by atoms with E-state index in [1.165, 1.54) is 0 Å². The second-order valence-corrected chi connectivity index (χ2v) is 4.09. The lowest BCUT2D eigenvalue weighted by atomic mass is 10.1. The van der Waals surface area contributed by atoms with Crippen molar-refractivity contribution in [1.82, 2.24) is 4.98 Å². The molecule has 1 aliphatic rings. The van der Waals surface area contributed by atoms with Crippen LogP contribution in [0.15, 0.2) is 18.5 Å². The zero-order chi connectivity index (χ0) is 12.3. The molecule has 1 aromatic heterocycles. The lowest BCUT2D eigenvalue weighted by Gasteiger charge is -2.26. The third-order valence-electron chi connectivity index (χ3n) is 3.02. The summed E-state index contributed by atoms with van der Waals surface area (Å²) in [6, 6.07) is 3.75. The maximum atomic E-state index is 10.8. The van der Waals surface area contributed by atoms with E-state index in [4.69, 9.17) is 10.4 Å². The van der Waals surface area contributed by atoms with Gasteiger partial charge in [-0.3, -0.25) is 9.78 Å². The van der Waals surface area contributed by atoms with Crippen LogP contribution in [0.2, 0.25) is 0 Å². The van der Waals surface area contributed by atoms with Crippen LogP contribution >= 0.6 is 0 Å². The first kappa shape index (κ1) is 11.4. The fourth-order valence-electron chi connectivity index (χ4n) is 2.28. The Morgan fingerprint density at radius 2 is 2.53 bits per heavy atom. The van der Waals surface area contributed by atoms with Gasteiger partial charge in [-0.1, -0.05) is 0 Å². The molecule has 2 rings (SSSR count). The molecule has 88 valence electrons. The van der Waals surface area contributed by atoms with Crippen molar-refractivity contribution < 1.29 is 9.90 Å². The van der Waals surface area contributed by atoms with Crippen LogP contribution in [0.25, 0.3) is 0 Å². The molecule has 1 unspecified atom stereocenters. The summed E-state index contributed by atoms with van der Waals surface area (Å²) in [4.78, 5) is 16.8. The number of nitrogens with zero attached hydrogens (tertiary/aromatic N) is 3. The van der Waals surface area contributed by atoms with Crippen molar-refractivity contribution in [1.29, 1.82) is 5.26 Å². The number of anilines is 1. The van der Waals surface area contributed by atoms with Gasteiger partial charge in [-0.25, -0.2) is 0 Å². The zero-order valence-corrected chi connectivity index (χ0v) is 9.33. The summed E-state index contributed by atoms with van der Waals surface area (Å²) in [5.41, 5.74) is 1.30. The van der Waals surface area contributed by atoms with Gasteiger partial charge in [0.25, 0.3) is 0 Å². The van der Waals surface area contributed by atoms with Gasteiger partial charge in [0.05, 0.1) is 23.9 Å². The third kappa shape index (κ3) is 2.36. The molecule has 0 bridgehead atoms. The Bertz CT molecular complexity index is 467. The molecule has 1 aromatic rings. The molecule has 0 amide bonds. The fraction of sp³-hybridized carbons (Fsp3) is 0.417. The van der Waals surface area contributed by atoms with Crippen LogP contribution in [0, 0.1) is 11.3 Å². The van der Waals surface area contributed by atoms with E-state index < -0.39 is 5.97 Å². The number of carboxylic acids is 1. The molecule has 0 radical (unpaired) electrons. The van der Waals surface area contributed by atoms with E-state index in [1.54, 1.807) is 18.5 Å². The van der Waals surface area contributed by atoms with Crippen molar-refractivity contribution in [2.45, 2.75) is 25.3 Å². The van der Waals surface area contributed by atoms with Gasteiger partial charge in [0.2, 0.25) is 0 Å². The zero-order valence-electron chi connectivity index (χ0n) is 9.33. The highest BCUT2D eigenvalue weighted by atomic mass is 16.4. The summed E-state index contributed by atoms with van der Waals surface area (Å²) in [5.74, 6) is -0.802. The number of aliphatic carboxylic acids is 1. The number of pyridine rings is 1. The Kier molecular flexibility index (Phi) is 3.24. The maximum absolute atomic E-state index is 10.8. The molecule has 0 aliphatic carbocycles. The monoisotopic (exact) mass is 231 g/mol. The normalized spacial score (nSPS) is 19.0. The molecule has 17 heavy (non-hydrogen) atoms. The summed E-state index contributed by atoms with van der Waals surface area (Å²) in [5, 5.41) is 17.9. The van der Waals surface area contributed by atoms with Gasteiger partial charge in [0.15, 0.2) is 0 Å². The first-order chi connectivity index (χ1) is 8.22. The Hall–Kier alpha value is -2.09. The van der Waals surface area contributed by atoms with Gasteiger partial charge < -0.3 is 10.0 Å². The number of hydrogen-bond donors (Lipinski definition) is 1. The maximum Gasteiger partial charge on any atom is 0.305 e. The van der Waals surface area contributed by atoms with E-state index in [2.05, 4.69) is 11.1 Å². The minimum atomic E-state index is -0.802. The summed E-state index contributed by atoms with van der Waals surface area (Å²) >= 11 is 0. The average Bonchev–Trinajstić information content (AvgIpc) is 2.76. The highest BCUT2D eigenvalue weighted by Crippen LogP contribution is 2.29. The van der Waals surface area contributed by atoms with Crippen molar-refractivity contribution in [2.24, 2.45) is 0 Å². The Balaban J connectivity index is 2.26. The molecule has 0 spiro atoms. The SMILES string of the molecule is N#Cc1ccncc1N1CCCC1CC(=O)O. The molecule has 1 atom stereocenters. The van der Waals surface area contributed by atoms with E-state index in [9.17, 15) is 4.79 Å². The van der Waals surface area contributed by atoms with E-state index >= 15 is 0 Å². The largest absolute Gasteiger partial charge is 0.481 e. The number of carboxylic acid groups (broad SMARTS) is 1. The number of hydrogen-bond acceptors (Lipinski definition) is 4. The molecule has 5 nitrogen and oxygen atoms in total. The number of aromatic nitrogens is 1. The second kappa shape index (κ2) is 4.83. The van der Waals surface area contributed by atoms with Gasteiger partial charge in [-0.15, -0.1) is 0 Å². The number of nitriles is 1. The molecule has 1 N–H and O–H groups in total. The molecule has 5 heteroatoms. The van der Waals surface area contributed by atoms with Crippen LogP contribution in [0.4, 0.5) is 5.69 Å². The van der Waals surface area contributed by atoms with Crippen LogP contribution in [-0.2, 0) is 4.79 Å². The highest BCUT2D eigenvalue weighted by molar-refractivity contribution is 5.69. The van der Waals surface area contributed by atoms with Crippen LogP contribution in [0.5, 0.6) is 0 Å². The Labute approximate surface area is 99.3 Å². The molecule has 1 aliphatic heterocycles. The van der Waals surface area contributed by atoms with Crippen molar-refractivity contribution >= 4 is 11.7 Å². The first-order valence-corrected chi connectivity index (χ1v) is 5.55. The van der Waals surface area contributed by atoms with Crippen LogP contribution in [0.1, 0.15) is 24.8 Å². The molecular weight excluding hydrogens is 218 g/mol. The molecule has 0 saturated carbocycles. The summed E-state index contributed by atoms with van der Waals surface area (Å²) < 4.78 is 0. The van der Waals surface area contributed by atoms with E-state index in [1.807, 2.05) is 4.90 Å². The van der Waals surface area contributed by atoms with Gasteiger partial charge in [0, 0.05) is 18.8 Å². The van der Waals surface area contributed by atoms with Crippen molar-refractivity contribution in [3.8, 4) is 6.07 Å². The molecule has 0 aromatic carbocycles. The predicted octanol–water partition coefficient (Wildman–Crippen LogP) is 1.40. The minimum Gasteiger partial charge on any atom is -0.481 e. The molecule has 1 saturated heterocycles. The number of carbonyl (C=O) groups is 1. The van der Waals surface area contributed by atoms with Gasteiger partial charge in [-0.05, 0) is 18.9 Å². The predicted molar refractivity (Wildman–Crippen MR) is 61.6 cm³/mol. The second-order valence-electron chi connectivity index (χ2n) is 4.09. The van der Waals surface area contributed by atoms with Gasteiger partial charge in [0.1, 0.15) is 6.07 Å². The van der Waals surface area contributed by atoms with Gasteiger partial charge in [-0.2, -0.15) is 5.26 Å². The van der Waals surface area contributed by atoms with Crippen molar-refractivity contribution in [3.63, 3.8) is 0 Å². The lowest BCUT2D eigenvalue weighted by Crippen LogP contribution is -2.31. The van der Waals surface area contributed by atoms with E-state index in [0.29, 0.717) is 5.56 Å². The highest BCUT2D eigenvalue weighted by Gasteiger charge is 2.28. The topological polar surface area (TPSA) is 77.2 Å². The van der Waals surface area contributed by atoms with E-state index in [-0.39, 0.29) is 12.5 Å². The average molecular weight is 231 g/mol. The molecule has 1 fully saturated rings. The third-order valence-corrected chi connectivity index (χ3v) is 3.02. The Morgan fingerprint density at radius 3 is 3.24 bits per heavy atom. The van der Waals surface area contributed by atoms with Crippen LogP contribution in [-0.4, -0.2) is 28.6 Å². The number of rotatable bonds is 3. The van der Waals surface area contributed by atoms with Gasteiger partial charge >= 0.3 is 5.97 Å². The van der Waals surface area contributed by atoms with E-state index in [0.717, 1.165) is 25.1 Å². The summed E-state index contributed by atoms with van der Waals surface area (Å²) in [6.45, 7) is 0.790. The smallest absolute Gasteiger partial charge is 0.305 e. The lowest BCUT2D eigenvalue weighted by molar-refractivity contribution is -0.137. The first-order valence-electron chi connectivity index (χ1n) is 5.55. The quantitative estimate of drug-likeness (QED) is 0.850. The van der Waals surface area contributed by atoms with Crippen LogP contribution < -0.4 is 4.90 Å². The summed E-state index contributed by atoms with van der Waals surface area (Å²) in [7, 11) is 0. The standard InChI is InChI=1S/C12H13N3O2/c13-7-9-3-4-14-8-11(9)15-5-1-2-10(15)6-12(16)17/h3-4,8,10H,1-2,5-6H2,(H,16,17). The summed E-state index contributed by atoms with van der Waals surface area (Å²) in [6.07, 6.45) is 5.13. The van der Waals surface area contributed by atoms with Crippen molar-refractivity contribution in [2.75, 3.05) is 11.4 Å². The Morgan fingerprint density at radius 1 is 1.71 bits per heavy atom.